The molecule has 1 amide bonds. The van der Waals surface area contributed by atoms with Gasteiger partial charge in [-0.15, -0.1) is 0 Å². The standard InChI is InChI=1S/C21H25N5O2/c1-2-25-11-13-26(14-12-25)19(27)9-10-22-20-16-6-3-4-7-17(16)23-21(24-20)18-8-5-15-28-18/h3-8,15H,2,9-14H2,1H3,(H,22,23,24)/p+1. The molecule has 2 aromatic heterocycles. The Morgan fingerprint density at radius 2 is 2.00 bits per heavy atom. The highest BCUT2D eigenvalue weighted by atomic mass is 16.3. The lowest BCUT2D eigenvalue weighted by atomic mass is 10.2. The maximum absolute atomic E-state index is 12.5. The molecule has 0 unspecified atom stereocenters. The third kappa shape index (κ3) is 3.99. The highest BCUT2D eigenvalue weighted by molar-refractivity contribution is 5.90. The monoisotopic (exact) mass is 380 g/mol. The van der Waals surface area contributed by atoms with Gasteiger partial charge < -0.3 is 19.5 Å². The van der Waals surface area contributed by atoms with E-state index in [9.17, 15) is 4.79 Å². The fourth-order valence-corrected chi connectivity index (χ4v) is 3.60. The molecule has 4 rings (SSSR count). The van der Waals surface area contributed by atoms with Crippen molar-refractivity contribution < 1.29 is 14.1 Å². The van der Waals surface area contributed by atoms with Gasteiger partial charge in [-0.05, 0) is 31.2 Å². The lowest BCUT2D eigenvalue weighted by molar-refractivity contribution is -0.902. The summed E-state index contributed by atoms with van der Waals surface area (Å²) in [6, 6.07) is 11.5. The van der Waals surface area contributed by atoms with Crippen molar-refractivity contribution in [2.45, 2.75) is 13.3 Å². The smallest absolute Gasteiger partial charge is 0.224 e. The fraction of sp³-hybridized carbons (Fsp3) is 0.381. The zero-order valence-corrected chi connectivity index (χ0v) is 16.1. The summed E-state index contributed by atoms with van der Waals surface area (Å²) in [5, 5.41) is 4.27. The number of amides is 1. The average Bonchev–Trinajstić information content (AvgIpc) is 3.28. The number of rotatable bonds is 6. The quantitative estimate of drug-likeness (QED) is 0.677. The number of furan rings is 1. The van der Waals surface area contributed by atoms with Gasteiger partial charge in [-0.3, -0.25) is 4.79 Å². The Kier molecular flexibility index (Phi) is 5.53. The number of carbonyl (C=O) groups is 1. The summed E-state index contributed by atoms with van der Waals surface area (Å²) in [6.45, 7) is 7.64. The van der Waals surface area contributed by atoms with Gasteiger partial charge in [-0.25, -0.2) is 9.97 Å². The van der Waals surface area contributed by atoms with Gasteiger partial charge in [0.1, 0.15) is 5.82 Å². The van der Waals surface area contributed by atoms with E-state index in [-0.39, 0.29) is 5.91 Å². The average molecular weight is 380 g/mol. The molecule has 28 heavy (non-hydrogen) atoms. The summed E-state index contributed by atoms with van der Waals surface area (Å²) >= 11 is 0. The molecule has 7 nitrogen and oxygen atoms in total. The third-order valence-electron chi connectivity index (χ3n) is 5.30. The van der Waals surface area contributed by atoms with Gasteiger partial charge in [0.2, 0.25) is 5.91 Å². The Hall–Kier alpha value is -2.93. The Bertz CT molecular complexity index is 933. The lowest BCUT2D eigenvalue weighted by Crippen LogP contribution is -3.14. The second kappa shape index (κ2) is 8.39. The second-order valence-corrected chi connectivity index (χ2v) is 7.05. The Balaban J connectivity index is 1.44. The number of carbonyl (C=O) groups excluding carboxylic acids is 1. The van der Waals surface area contributed by atoms with Crippen LogP contribution in [0.25, 0.3) is 22.5 Å². The number of anilines is 1. The van der Waals surface area contributed by atoms with E-state index >= 15 is 0 Å². The first-order valence-corrected chi connectivity index (χ1v) is 9.90. The predicted molar refractivity (Wildman–Crippen MR) is 108 cm³/mol. The number of nitrogens with one attached hydrogen (secondary N) is 2. The molecule has 0 spiro atoms. The summed E-state index contributed by atoms with van der Waals surface area (Å²) in [5.41, 5.74) is 0.844. The van der Waals surface area contributed by atoms with Crippen molar-refractivity contribution >= 4 is 22.6 Å². The molecule has 1 fully saturated rings. The molecule has 1 aliphatic heterocycles. The zero-order valence-electron chi connectivity index (χ0n) is 16.1. The van der Waals surface area contributed by atoms with Crippen molar-refractivity contribution in [2.24, 2.45) is 0 Å². The molecule has 1 aliphatic rings. The van der Waals surface area contributed by atoms with Crippen LogP contribution in [-0.2, 0) is 4.79 Å². The molecule has 0 saturated carbocycles. The fourth-order valence-electron chi connectivity index (χ4n) is 3.60. The van der Waals surface area contributed by atoms with Crippen LogP contribution in [0.4, 0.5) is 5.82 Å². The van der Waals surface area contributed by atoms with Crippen LogP contribution < -0.4 is 10.2 Å². The van der Waals surface area contributed by atoms with Gasteiger partial charge in [0.25, 0.3) is 0 Å². The molecule has 7 heteroatoms. The molecule has 146 valence electrons. The molecule has 0 atom stereocenters. The van der Waals surface area contributed by atoms with E-state index in [1.54, 1.807) is 11.2 Å². The van der Waals surface area contributed by atoms with Crippen LogP contribution in [0.15, 0.2) is 47.1 Å². The van der Waals surface area contributed by atoms with Crippen molar-refractivity contribution in [2.75, 3.05) is 44.6 Å². The summed E-state index contributed by atoms with van der Waals surface area (Å²) in [5.74, 6) is 2.09. The predicted octanol–water partition coefficient (Wildman–Crippen LogP) is 1.44. The molecule has 3 aromatic rings. The molecule has 2 N–H and O–H groups in total. The summed E-state index contributed by atoms with van der Waals surface area (Å²) in [6.07, 6.45) is 2.07. The van der Waals surface area contributed by atoms with Crippen molar-refractivity contribution in [3.05, 3.63) is 42.7 Å². The second-order valence-electron chi connectivity index (χ2n) is 7.05. The number of benzene rings is 1. The van der Waals surface area contributed by atoms with E-state index < -0.39 is 0 Å². The van der Waals surface area contributed by atoms with Gasteiger partial charge in [-0.1, -0.05) is 12.1 Å². The van der Waals surface area contributed by atoms with Gasteiger partial charge in [0.15, 0.2) is 11.6 Å². The molecule has 0 radical (unpaired) electrons. The van der Waals surface area contributed by atoms with Crippen LogP contribution in [0.2, 0.25) is 0 Å². The van der Waals surface area contributed by atoms with E-state index in [0.717, 1.165) is 49.4 Å². The number of fused-ring (bicyclic) bond motifs is 1. The molecule has 1 aromatic carbocycles. The van der Waals surface area contributed by atoms with Crippen molar-refractivity contribution in [1.82, 2.24) is 14.9 Å². The lowest BCUT2D eigenvalue weighted by Gasteiger charge is -2.31. The van der Waals surface area contributed by atoms with E-state index in [2.05, 4.69) is 22.2 Å². The summed E-state index contributed by atoms with van der Waals surface area (Å²) < 4.78 is 5.45. The molecular formula is C21H26N5O2+. The van der Waals surface area contributed by atoms with Crippen molar-refractivity contribution in [3.8, 4) is 11.6 Å². The highest BCUT2D eigenvalue weighted by Crippen LogP contribution is 2.25. The first-order valence-electron chi connectivity index (χ1n) is 9.90. The molecule has 1 saturated heterocycles. The maximum Gasteiger partial charge on any atom is 0.224 e. The minimum Gasteiger partial charge on any atom is -0.461 e. The van der Waals surface area contributed by atoms with Crippen LogP contribution >= 0.6 is 0 Å². The van der Waals surface area contributed by atoms with E-state index in [4.69, 9.17) is 4.42 Å². The van der Waals surface area contributed by atoms with Gasteiger partial charge >= 0.3 is 0 Å². The Morgan fingerprint density at radius 1 is 1.18 bits per heavy atom. The Labute approximate surface area is 164 Å². The van der Waals surface area contributed by atoms with E-state index in [1.165, 1.54) is 0 Å². The van der Waals surface area contributed by atoms with E-state index in [0.29, 0.717) is 24.6 Å². The Morgan fingerprint density at radius 3 is 2.75 bits per heavy atom. The molecular weight excluding hydrogens is 354 g/mol. The maximum atomic E-state index is 12.5. The summed E-state index contributed by atoms with van der Waals surface area (Å²) in [7, 11) is 0. The number of likely N-dealkylation sites (N-methyl/N-ethyl adjacent to an activating group) is 1. The number of nitrogens with zero attached hydrogens (tertiary/aromatic N) is 3. The normalized spacial score (nSPS) is 15.1. The van der Waals surface area contributed by atoms with Crippen LogP contribution in [0.1, 0.15) is 13.3 Å². The van der Waals surface area contributed by atoms with Crippen molar-refractivity contribution in [3.63, 3.8) is 0 Å². The topological polar surface area (TPSA) is 75.7 Å². The number of quaternary nitrogens is 1. The molecule has 3 heterocycles. The molecule has 0 bridgehead atoms. The van der Waals surface area contributed by atoms with Crippen LogP contribution in [0.5, 0.6) is 0 Å². The van der Waals surface area contributed by atoms with Gasteiger partial charge in [0, 0.05) is 18.4 Å². The third-order valence-corrected chi connectivity index (χ3v) is 5.30. The number of aromatic nitrogens is 2. The molecule has 0 aliphatic carbocycles. The minimum atomic E-state index is 0.201. The highest BCUT2D eigenvalue weighted by Gasteiger charge is 2.22. The number of hydrogen-bond acceptors (Lipinski definition) is 5. The van der Waals surface area contributed by atoms with Crippen LogP contribution in [0, 0.1) is 0 Å². The van der Waals surface area contributed by atoms with E-state index in [1.807, 2.05) is 41.3 Å². The minimum absolute atomic E-state index is 0.201. The first kappa shape index (κ1) is 18.4. The van der Waals surface area contributed by atoms with Gasteiger partial charge in [0.05, 0.1) is 44.5 Å². The van der Waals surface area contributed by atoms with Crippen LogP contribution in [-0.4, -0.2) is 60.0 Å². The zero-order chi connectivity index (χ0) is 19.3. The van der Waals surface area contributed by atoms with Crippen molar-refractivity contribution in [1.29, 1.82) is 0 Å². The number of hydrogen-bond donors (Lipinski definition) is 2. The largest absolute Gasteiger partial charge is 0.461 e. The SMILES string of the molecule is CC[NH+]1CCN(C(=O)CCNc2nc(-c3ccco3)nc3ccccc23)CC1. The summed E-state index contributed by atoms with van der Waals surface area (Å²) in [4.78, 5) is 25.3. The van der Waals surface area contributed by atoms with Crippen LogP contribution in [0.3, 0.4) is 0 Å². The first-order chi connectivity index (χ1) is 13.7. The number of para-hydroxylation sites is 1. The van der Waals surface area contributed by atoms with Gasteiger partial charge in [-0.2, -0.15) is 0 Å². The number of piperazine rings is 1.